The van der Waals surface area contributed by atoms with Gasteiger partial charge in [0.2, 0.25) is 15.9 Å². The number of aryl methyl sites for hydroxylation is 1. The Morgan fingerprint density at radius 2 is 1.72 bits per heavy atom. The highest BCUT2D eigenvalue weighted by Crippen LogP contribution is 2.18. The van der Waals surface area contributed by atoms with Crippen molar-refractivity contribution in [2.75, 3.05) is 39.3 Å². The van der Waals surface area contributed by atoms with Crippen LogP contribution in [-0.4, -0.2) is 62.8 Å². The highest BCUT2D eigenvalue weighted by molar-refractivity contribution is 7.89. The summed E-state index contributed by atoms with van der Waals surface area (Å²) in [6, 6.07) is 6.98. The van der Waals surface area contributed by atoms with Crippen molar-refractivity contribution in [3.8, 4) is 0 Å². The first kappa shape index (κ1) is 19.9. The van der Waals surface area contributed by atoms with E-state index in [2.05, 4.69) is 10.2 Å². The predicted molar refractivity (Wildman–Crippen MR) is 98.8 cm³/mol. The number of carbonyl (C=O) groups is 1. The van der Waals surface area contributed by atoms with Gasteiger partial charge in [0.25, 0.3) is 0 Å². The summed E-state index contributed by atoms with van der Waals surface area (Å²) in [6.07, 6.45) is 0.544. The van der Waals surface area contributed by atoms with Crippen LogP contribution in [0.5, 0.6) is 0 Å². The fraction of sp³-hybridized carbons (Fsp3) is 0.611. The van der Waals surface area contributed by atoms with Crippen LogP contribution < -0.4 is 5.32 Å². The van der Waals surface area contributed by atoms with Gasteiger partial charge in [-0.3, -0.25) is 9.69 Å². The molecule has 0 bridgehead atoms. The number of carbonyl (C=O) groups excluding carboxylic acids is 1. The molecule has 1 aromatic rings. The second-order valence-corrected chi connectivity index (χ2v) is 8.94. The molecule has 0 aromatic heterocycles. The molecule has 7 heteroatoms. The van der Waals surface area contributed by atoms with Crippen molar-refractivity contribution in [3.05, 3.63) is 29.8 Å². The molecule has 140 valence electrons. The first-order valence-electron chi connectivity index (χ1n) is 8.85. The number of amides is 1. The van der Waals surface area contributed by atoms with Crippen LogP contribution in [0.25, 0.3) is 0 Å². The molecule has 1 aliphatic heterocycles. The van der Waals surface area contributed by atoms with Gasteiger partial charge >= 0.3 is 0 Å². The minimum Gasteiger partial charge on any atom is -0.355 e. The second-order valence-electron chi connectivity index (χ2n) is 7.01. The summed E-state index contributed by atoms with van der Waals surface area (Å²) in [5.74, 6) is 0.436. The number of rotatable bonds is 7. The quantitative estimate of drug-likeness (QED) is 0.792. The Balaban J connectivity index is 1.79. The van der Waals surface area contributed by atoms with E-state index in [4.69, 9.17) is 0 Å². The van der Waals surface area contributed by atoms with E-state index in [-0.39, 0.29) is 5.91 Å². The average molecular weight is 368 g/mol. The SMILES string of the molecule is Cc1ccc(S(=O)(=O)N2CCN(CCNC(=O)CC(C)C)CC2)cc1. The zero-order chi connectivity index (χ0) is 18.4. The molecule has 1 fully saturated rings. The van der Waals surface area contributed by atoms with E-state index in [9.17, 15) is 13.2 Å². The first-order chi connectivity index (χ1) is 11.8. The third kappa shape index (κ3) is 5.80. The van der Waals surface area contributed by atoms with E-state index in [1.54, 1.807) is 16.4 Å². The van der Waals surface area contributed by atoms with Gasteiger partial charge in [-0.25, -0.2) is 8.42 Å². The van der Waals surface area contributed by atoms with Gasteiger partial charge in [-0.1, -0.05) is 31.5 Å². The maximum Gasteiger partial charge on any atom is 0.243 e. The lowest BCUT2D eigenvalue weighted by Gasteiger charge is -2.34. The van der Waals surface area contributed by atoms with Crippen molar-refractivity contribution < 1.29 is 13.2 Å². The summed E-state index contributed by atoms with van der Waals surface area (Å²) in [4.78, 5) is 14.2. The minimum absolute atomic E-state index is 0.0792. The number of sulfonamides is 1. The summed E-state index contributed by atoms with van der Waals surface area (Å²) in [6.45, 7) is 9.68. The predicted octanol–water partition coefficient (Wildman–Crippen LogP) is 1.46. The summed E-state index contributed by atoms with van der Waals surface area (Å²) in [5, 5.41) is 2.92. The Bertz CT molecular complexity index is 663. The highest BCUT2D eigenvalue weighted by Gasteiger charge is 2.28. The molecule has 0 saturated carbocycles. The summed E-state index contributed by atoms with van der Waals surface area (Å²) in [5.41, 5.74) is 1.04. The number of piperazine rings is 1. The fourth-order valence-electron chi connectivity index (χ4n) is 2.85. The summed E-state index contributed by atoms with van der Waals surface area (Å²) >= 11 is 0. The Morgan fingerprint density at radius 3 is 2.28 bits per heavy atom. The smallest absolute Gasteiger partial charge is 0.243 e. The third-order valence-electron chi connectivity index (χ3n) is 4.33. The summed E-state index contributed by atoms with van der Waals surface area (Å²) < 4.78 is 26.9. The maximum atomic E-state index is 12.7. The maximum absolute atomic E-state index is 12.7. The van der Waals surface area contributed by atoms with Gasteiger partial charge in [-0.15, -0.1) is 0 Å². The van der Waals surface area contributed by atoms with Gasteiger partial charge in [0.05, 0.1) is 4.90 Å². The van der Waals surface area contributed by atoms with E-state index in [1.807, 2.05) is 32.9 Å². The molecule has 0 radical (unpaired) electrons. The molecule has 2 rings (SSSR count). The van der Waals surface area contributed by atoms with Gasteiger partial charge in [0.1, 0.15) is 0 Å². The molecule has 0 unspecified atom stereocenters. The van der Waals surface area contributed by atoms with E-state index in [0.717, 1.165) is 12.1 Å². The molecule has 1 saturated heterocycles. The molecule has 6 nitrogen and oxygen atoms in total. The first-order valence-corrected chi connectivity index (χ1v) is 10.3. The lowest BCUT2D eigenvalue weighted by Crippen LogP contribution is -2.50. The van der Waals surface area contributed by atoms with Gasteiger partial charge in [-0.2, -0.15) is 4.31 Å². The van der Waals surface area contributed by atoms with Gasteiger partial charge in [0, 0.05) is 45.7 Å². The Kier molecular flexibility index (Phi) is 6.98. The van der Waals surface area contributed by atoms with Crippen molar-refractivity contribution >= 4 is 15.9 Å². The van der Waals surface area contributed by atoms with Gasteiger partial charge in [0.15, 0.2) is 0 Å². The van der Waals surface area contributed by atoms with Crippen molar-refractivity contribution in [1.29, 1.82) is 0 Å². The Labute approximate surface area is 151 Å². The zero-order valence-electron chi connectivity index (χ0n) is 15.4. The molecule has 0 spiro atoms. The average Bonchev–Trinajstić information content (AvgIpc) is 2.55. The number of hydrogen-bond donors (Lipinski definition) is 1. The van der Waals surface area contributed by atoms with E-state index in [0.29, 0.717) is 50.0 Å². The monoisotopic (exact) mass is 367 g/mol. The highest BCUT2D eigenvalue weighted by atomic mass is 32.2. The second kappa shape index (κ2) is 8.78. The van der Waals surface area contributed by atoms with Crippen molar-refractivity contribution in [1.82, 2.24) is 14.5 Å². The third-order valence-corrected chi connectivity index (χ3v) is 6.25. The fourth-order valence-corrected chi connectivity index (χ4v) is 4.27. The van der Waals surface area contributed by atoms with Crippen molar-refractivity contribution in [3.63, 3.8) is 0 Å². The molecule has 1 aromatic carbocycles. The van der Waals surface area contributed by atoms with Gasteiger partial charge < -0.3 is 5.32 Å². The molecule has 0 aliphatic carbocycles. The number of benzene rings is 1. The Morgan fingerprint density at radius 1 is 1.12 bits per heavy atom. The molecule has 1 heterocycles. The standard InChI is InChI=1S/C18H29N3O3S/c1-15(2)14-18(22)19-8-9-20-10-12-21(13-11-20)25(23,24)17-6-4-16(3)5-7-17/h4-7,15H,8-14H2,1-3H3,(H,19,22). The topological polar surface area (TPSA) is 69.7 Å². The Hall–Kier alpha value is -1.44. The van der Waals surface area contributed by atoms with E-state index < -0.39 is 10.0 Å². The molecular weight excluding hydrogens is 338 g/mol. The van der Waals surface area contributed by atoms with Crippen LogP contribution in [0.1, 0.15) is 25.8 Å². The molecule has 1 N–H and O–H groups in total. The van der Waals surface area contributed by atoms with Gasteiger partial charge in [-0.05, 0) is 25.0 Å². The van der Waals surface area contributed by atoms with Crippen LogP contribution in [0, 0.1) is 12.8 Å². The largest absolute Gasteiger partial charge is 0.355 e. The molecule has 25 heavy (non-hydrogen) atoms. The molecule has 1 aliphatic rings. The lowest BCUT2D eigenvalue weighted by atomic mass is 10.1. The van der Waals surface area contributed by atoms with Crippen molar-refractivity contribution in [2.24, 2.45) is 5.92 Å². The lowest BCUT2D eigenvalue weighted by molar-refractivity contribution is -0.121. The van der Waals surface area contributed by atoms with Crippen LogP contribution in [-0.2, 0) is 14.8 Å². The summed E-state index contributed by atoms with van der Waals surface area (Å²) in [7, 11) is -3.41. The number of nitrogens with zero attached hydrogens (tertiary/aromatic N) is 2. The number of nitrogens with one attached hydrogen (secondary N) is 1. The zero-order valence-corrected chi connectivity index (χ0v) is 16.2. The van der Waals surface area contributed by atoms with Crippen LogP contribution in [0.2, 0.25) is 0 Å². The van der Waals surface area contributed by atoms with Crippen LogP contribution in [0.15, 0.2) is 29.2 Å². The van der Waals surface area contributed by atoms with Crippen LogP contribution >= 0.6 is 0 Å². The normalized spacial score (nSPS) is 17.0. The van der Waals surface area contributed by atoms with Crippen LogP contribution in [0.3, 0.4) is 0 Å². The molecule has 1 amide bonds. The van der Waals surface area contributed by atoms with E-state index >= 15 is 0 Å². The minimum atomic E-state index is -3.41. The molecule has 0 atom stereocenters. The number of hydrogen-bond acceptors (Lipinski definition) is 4. The molecular formula is C18H29N3O3S. The van der Waals surface area contributed by atoms with E-state index in [1.165, 1.54) is 0 Å². The van der Waals surface area contributed by atoms with Crippen molar-refractivity contribution in [2.45, 2.75) is 32.1 Å². The van der Waals surface area contributed by atoms with Crippen LogP contribution in [0.4, 0.5) is 0 Å².